The normalized spacial score (nSPS) is 10.9. The quantitative estimate of drug-likeness (QED) is 0.0401. The highest BCUT2D eigenvalue weighted by Gasteiger charge is 2.15. The topological polar surface area (TPSA) is 123 Å². The smallest absolute Gasteiger partial charge is 0.343 e. The lowest BCUT2D eigenvalue weighted by molar-refractivity contribution is -0.126. The zero-order chi connectivity index (χ0) is 34.6. The monoisotopic (exact) mass is 695 g/mol. The minimum Gasteiger partial charge on any atom is -0.423 e. The molecule has 0 saturated carbocycles. The average molecular weight is 697 g/mol. The molecular formula is C37H43Cl2N3O6. The molecule has 0 aliphatic heterocycles. The van der Waals surface area contributed by atoms with Gasteiger partial charge < -0.3 is 14.8 Å². The van der Waals surface area contributed by atoms with Crippen molar-refractivity contribution < 1.29 is 28.7 Å². The Labute approximate surface area is 292 Å². The van der Waals surface area contributed by atoms with E-state index in [1.54, 1.807) is 24.3 Å². The molecule has 0 saturated heterocycles. The van der Waals surface area contributed by atoms with Crippen molar-refractivity contribution in [2.24, 2.45) is 5.10 Å². The van der Waals surface area contributed by atoms with Gasteiger partial charge in [-0.1, -0.05) is 94.3 Å². The van der Waals surface area contributed by atoms with Gasteiger partial charge in [0.2, 0.25) is 5.91 Å². The molecule has 3 aromatic rings. The highest BCUT2D eigenvalue weighted by molar-refractivity contribution is 6.31. The van der Waals surface area contributed by atoms with Crippen LogP contribution < -0.4 is 20.2 Å². The van der Waals surface area contributed by atoms with Gasteiger partial charge in [0.05, 0.1) is 23.9 Å². The second-order valence-corrected chi connectivity index (χ2v) is 12.2. The van der Waals surface area contributed by atoms with Crippen molar-refractivity contribution in [1.29, 1.82) is 0 Å². The van der Waals surface area contributed by atoms with Crippen LogP contribution >= 0.6 is 23.2 Å². The van der Waals surface area contributed by atoms with Gasteiger partial charge in [-0.2, -0.15) is 5.10 Å². The second-order valence-electron chi connectivity index (χ2n) is 11.3. The van der Waals surface area contributed by atoms with Gasteiger partial charge in [-0.15, -0.1) is 0 Å². The number of amides is 2. The maximum atomic E-state index is 12.8. The molecule has 2 amide bonds. The van der Waals surface area contributed by atoms with E-state index in [2.05, 4.69) is 22.8 Å². The van der Waals surface area contributed by atoms with Gasteiger partial charge in [-0.05, 0) is 67.1 Å². The summed E-state index contributed by atoms with van der Waals surface area (Å²) in [4.78, 5) is 49.9. The Morgan fingerprint density at radius 3 is 1.75 bits per heavy atom. The molecule has 2 N–H and O–H groups in total. The Bertz CT molecular complexity index is 1510. The predicted molar refractivity (Wildman–Crippen MR) is 189 cm³/mol. The lowest BCUT2D eigenvalue weighted by Gasteiger charge is -2.11. The van der Waals surface area contributed by atoms with E-state index in [1.165, 1.54) is 100 Å². The number of carbonyl (C=O) groups is 4. The second kappa shape index (κ2) is 21.6. The number of hydrogen-bond acceptors (Lipinski definition) is 7. The van der Waals surface area contributed by atoms with Crippen LogP contribution in [0.1, 0.15) is 110 Å². The molecule has 3 aromatic carbocycles. The van der Waals surface area contributed by atoms with Crippen molar-refractivity contribution >= 4 is 53.2 Å². The number of esters is 2. The summed E-state index contributed by atoms with van der Waals surface area (Å²) in [6.07, 6.45) is 14.8. The average Bonchev–Trinajstić information content (AvgIpc) is 3.07. The molecule has 0 atom stereocenters. The minimum absolute atomic E-state index is 0.0228. The van der Waals surface area contributed by atoms with Crippen LogP contribution in [0, 0.1) is 0 Å². The van der Waals surface area contributed by atoms with Crippen LogP contribution in [0.4, 0.5) is 0 Å². The van der Waals surface area contributed by atoms with Crippen LogP contribution in [0.25, 0.3) is 0 Å². The first kappa shape index (κ1) is 38.2. The van der Waals surface area contributed by atoms with Gasteiger partial charge in [0.15, 0.2) is 0 Å². The number of hydrogen-bond donors (Lipinski definition) is 2. The molecule has 11 heteroatoms. The van der Waals surface area contributed by atoms with Crippen molar-refractivity contribution in [3.63, 3.8) is 0 Å². The fraction of sp³-hybridized carbons (Fsp3) is 0.378. The summed E-state index contributed by atoms with van der Waals surface area (Å²) in [5.74, 6) is -1.91. The molecule has 0 bridgehead atoms. The fourth-order valence-electron chi connectivity index (χ4n) is 4.70. The third-order valence-electron chi connectivity index (χ3n) is 7.40. The van der Waals surface area contributed by atoms with Crippen molar-refractivity contribution in [1.82, 2.24) is 10.7 Å². The van der Waals surface area contributed by atoms with E-state index >= 15 is 0 Å². The lowest BCUT2D eigenvalue weighted by Crippen LogP contribution is -2.34. The highest BCUT2D eigenvalue weighted by Crippen LogP contribution is 2.26. The van der Waals surface area contributed by atoms with Crippen LogP contribution in [0.5, 0.6) is 11.5 Å². The summed E-state index contributed by atoms with van der Waals surface area (Å²) < 4.78 is 11.1. The Morgan fingerprint density at radius 2 is 1.19 bits per heavy atom. The number of carbonyl (C=O) groups excluding carboxylic acids is 4. The molecule has 9 nitrogen and oxygen atoms in total. The number of rotatable bonds is 20. The Balaban J connectivity index is 1.48. The fourth-order valence-corrected chi connectivity index (χ4v) is 4.95. The maximum absolute atomic E-state index is 12.8. The molecule has 0 unspecified atom stereocenters. The third kappa shape index (κ3) is 14.7. The maximum Gasteiger partial charge on any atom is 0.343 e. The zero-order valence-electron chi connectivity index (χ0n) is 27.3. The Morgan fingerprint density at radius 1 is 0.667 bits per heavy atom. The molecule has 0 aliphatic carbocycles. The minimum atomic E-state index is -0.688. The van der Waals surface area contributed by atoms with Gasteiger partial charge in [0.25, 0.3) is 5.91 Å². The van der Waals surface area contributed by atoms with E-state index in [0.29, 0.717) is 22.0 Å². The van der Waals surface area contributed by atoms with E-state index in [1.807, 2.05) is 0 Å². The van der Waals surface area contributed by atoms with E-state index in [0.717, 1.165) is 19.3 Å². The summed E-state index contributed by atoms with van der Waals surface area (Å²) in [6, 6.07) is 16.7. The number of benzene rings is 3. The summed E-state index contributed by atoms with van der Waals surface area (Å²) in [6.45, 7) is 2.00. The van der Waals surface area contributed by atoms with Gasteiger partial charge in [-0.25, -0.2) is 15.0 Å². The third-order valence-corrected chi connectivity index (χ3v) is 7.91. The molecule has 0 spiro atoms. The molecule has 0 fully saturated rings. The van der Waals surface area contributed by atoms with E-state index in [4.69, 9.17) is 32.7 Å². The van der Waals surface area contributed by atoms with Crippen molar-refractivity contribution in [2.45, 2.75) is 84.0 Å². The summed E-state index contributed by atoms with van der Waals surface area (Å²) >= 11 is 11.8. The zero-order valence-corrected chi connectivity index (χ0v) is 28.8. The molecule has 0 aromatic heterocycles. The molecule has 0 heterocycles. The van der Waals surface area contributed by atoms with Crippen molar-refractivity contribution in [3.05, 3.63) is 93.5 Å². The Kier molecular flexibility index (Phi) is 17.2. The lowest BCUT2D eigenvalue weighted by atomic mass is 10.1. The molecule has 0 aliphatic rings. The SMILES string of the molecule is CCCCCCCCCCCCCC(=O)NCC(=O)N/N=C\c1ccc(OC(=O)c2ccc(Cl)cc2)cc1OC(=O)c1ccc(Cl)cc1. The van der Waals surface area contributed by atoms with Crippen molar-refractivity contribution in [2.75, 3.05) is 6.54 Å². The van der Waals surface area contributed by atoms with Crippen LogP contribution in [0.3, 0.4) is 0 Å². The number of halogens is 2. The Hall–Kier alpha value is -4.21. The van der Waals surface area contributed by atoms with Gasteiger partial charge in [-0.3, -0.25) is 9.59 Å². The van der Waals surface area contributed by atoms with Gasteiger partial charge >= 0.3 is 11.9 Å². The number of nitrogens with zero attached hydrogens (tertiary/aromatic N) is 1. The van der Waals surface area contributed by atoms with E-state index in [9.17, 15) is 19.2 Å². The van der Waals surface area contributed by atoms with Crippen LogP contribution in [0.2, 0.25) is 10.0 Å². The predicted octanol–water partition coefficient (Wildman–Crippen LogP) is 8.70. The first-order valence-electron chi connectivity index (χ1n) is 16.4. The summed E-state index contributed by atoms with van der Waals surface area (Å²) in [5, 5.41) is 7.48. The number of hydrazone groups is 1. The van der Waals surface area contributed by atoms with Gasteiger partial charge in [0.1, 0.15) is 11.5 Å². The van der Waals surface area contributed by atoms with E-state index < -0.39 is 17.8 Å². The molecule has 3 rings (SSSR count). The molecule has 0 radical (unpaired) electrons. The molecule has 256 valence electrons. The molecule has 48 heavy (non-hydrogen) atoms. The summed E-state index contributed by atoms with van der Waals surface area (Å²) in [5.41, 5.74) is 3.18. The first-order chi connectivity index (χ1) is 23.2. The van der Waals surface area contributed by atoms with Gasteiger partial charge in [0, 0.05) is 28.1 Å². The van der Waals surface area contributed by atoms with Crippen molar-refractivity contribution in [3.8, 4) is 11.5 Å². The summed E-state index contributed by atoms with van der Waals surface area (Å²) in [7, 11) is 0. The highest BCUT2D eigenvalue weighted by atomic mass is 35.5. The van der Waals surface area contributed by atoms with E-state index in [-0.39, 0.29) is 35.1 Å². The standard InChI is InChI=1S/C37H43Cl2N3O6/c1-2-3-4-5-6-7-8-9-10-11-12-13-34(43)40-26-35(44)42-41-25-29-18-23-32(47-36(45)27-14-19-30(38)20-15-27)24-33(29)48-37(46)28-16-21-31(39)22-17-28/h14-25H,2-13,26H2,1H3,(H,40,43)(H,42,44)/b41-25-. The number of nitrogens with one attached hydrogen (secondary N) is 2. The van der Waals surface area contributed by atoms with Crippen LogP contribution in [-0.2, 0) is 9.59 Å². The largest absolute Gasteiger partial charge is 0.423 e. The first-order valence-corrected chi connectivity index (χ1v) is 17.2. The van der Waals surface area contributed by atoms with Crippen LogP contribution in [0.15, 0.2) is 71.8 Å². The van der Waals surface area contributed by atoms with Crippen LogP contribution in [-0.4, -0.2) is 36.5 Å². The number of ether oxygens (including phenoxy) is 2. The molecular weight excluding hydrogens is 653 g/mol. The number of unbranched alkanes of at least 4 members (excludes halogenated alkanes) is 10.